The molecular weight excluding hydrogens is 272 g/mol. The topological polar surface area (TPSA) is 63.1 Å². The molecule has 104 valence electrons. The van der Waals surface area contributed by atoms with Crippen LogP contribution in [0.1, 0.15) is 35.2 Å². The number of rotatable bonds is 6. The lowest BCUT2D eigenvalue weighted by Crippen LogP contribution is -2.08. The van der Waals surface area contributed by atoms with Crippen LogP contribution in [0.15, 0.2) is 41.4 Å². The van der Waals surface area contributed by atoms with Gasteiger partial charge in [-0.3, -0.25) is 0 Å². The lowest BCUT2D eigenvalue weighted by atomic mass is 10.1. The average molecular weight is 288 g/mol. The average Bonchev–Trinajstić information content (AvgIpc) is 2.46. The zero-order valence-corrected chi connectivity index (χ0v) is 12.1. The third kappa shape index (κ3) is 3.81. The molecule has 0 unspecified atom stereocenters. The normalized spacial score (nSPS) is 10.4. The molecule has 0 fully saturated rings. The first-order valence-corrected chi connectivity index (χ1v) is 7.45. The van der Waals surface area contributed by atoms with Crippen LogP contribution in [0.5, 0.6) is 0 Å². The van der Waals surface area contributed by atoms with Crippen molar-refractivity contribution in [3.63, 3.8) is 0 Å². The highest BCUT2D eigenvalue weighted by Crippen LogP contribution is 2.21. The van der Waals surface area contributed by atoms with Gasteiger partial charge in [-0.15, -0.1) is 11.8 Å². The number of carboxylic acids is 1. The molecule has 1 aromatic heterocycles. The molecule has 0 bridgehead atoms. The van der Waals surface area contributed by atoms with Gasteiger partial charge >= 0.3 is 5.97 Å². The highest BCUT2D eigenvalue weighted by atomic mass is 32.2. The Labute approximate surface area is 122 Å². The second-order valence-corrected chi connectivity index (χ2v) is 5.35. The molecule has 2 rings (SSSR count). The molecule has 0 radical (unpaired) electrons. The number of nitrogens with zero attached hydrogens (tertiary/aromatic N) is 2. The SMILES string of the molecule is CCCc1nc(CSc2ccccc2)ncc1C(=O)O. The Hall–Kier alpha value is -1.88. The molecule has 1 heterocycles. The number of carbonyl (C=O) groups is 1. The highest BCUT2D eigenvalue weighted by molar-refractivity contribution is 7.98. The van der Waals surface area contributed by atoms with Crippen LogP contribution < -0.4 is 0 Å². The summed E-state index contributed by atoms with van der Waals surface area (Å²) >= 11 is 1.64. The first kappa shape index (κ1) is 14.5. The third-order valence-corrected chi connectivity index (χ3v) is 3.75. The van der Waals surface area contributed by atoms with Gasteiger partial charge in [0.25, 0.3) is 0 Å². The van der Waals surface area contributed by atoms with Gasteiger partial charge in [0.05, 0.1) is 17.0 Å². The van der Waals surface area contributed by atoms with Crippen molar-refractivity contribution in [3.8, 4) is 0 Å². The number of carboxylic acid groups (broad SMARTS) is 1. The monoisotopic (exact) mass is 288 g/mol. The van der Waals surface area contributed by atoms with Crippen LogP contribution in [0, 0.1) is 0 Å². The number of hydrogen-bond acceptors (Lipinski definition) is 4. The molecule has 0 amide bonds. The van der Waals surface area contributed by atoms with Crippen LogP contribution in [0.3, 0.4) is 0 Å². The van der Waals surface area contributed by atoms with E-state index in [1.807, 2.05) is 37.3 Å². The first-order chi connectivity index (χ1) is 9.70. The van der Waals surface area contributed by atoms with E-state index in [9.17, 15) is 4.79 Å². The molecule has 0 aliphatic heterocycles. The van der Waals surface area contributed by atoms with E-state index in [-0.39, 0.29) is 5.56 Å². The standard InChI is InChI=1S/C15H16N2O2S/c1-2-6-13-12(15(18)19)9-16-14(17-13)10-20-11-7-4-3-5-8-11/h3-5,7-9H,2,6,10H2,1H3,(H,18,19). The molecule has 0 atom stereocenters. The second-order valence-electron chi connectivity index (χ2n) is 4.30. The summed E-state index contributed by atoms with van der Waals surface area (Å²) in [5.74, 6) is 0.351. The zero-order chi connectivity index (χ0) is 14.4. The van der Waals surface area contributed by atoms with Gasteiger partial charge in [-0.2, -0.15) is 0 Å². The van der Waals surface area contributed by atoms with Crippen molar-refractivity contribution >= 4 is 17.7 Å². The largest absolute Gasteiger partial charge is 0.478 e. The molecular formula is C15H16N2O2S. The van der Waals surface area contributed by atoms with E-state index < -0.39 is 5.97 Å². The van der Waals surface area contributed by atoms with E-state index in [1.54, 1.807) is 11.8 Å². The van der Waals surface area contributed by atoms with Crippen molar-refractivity contribution in [2.24, 2.45) is 0 Å². The van der Waals surface area contributed by atoms with E-state index in [1.165, 1.54) is 6.20 Å². The number of aromatic nitrogens is 2. The van der Waals surface area contributed by atoms with Crippen molar-refractivity contribution in [2.75, 3.05) is 0 Å². The van der Waals surface area contributed by atoms with Gasteiger partial charge in [-0.1, -0.05) is 31.5 Å². The van der Waals surface area contributed by atoms with Crippen molar-refractivity contribution < 1.29 is 9.90 Å². The van der Waals surface area contributed by atoms with Crippen LogP contribution in [-0.2, 0) is 12.2 Å². The molecule has 0 spiro atoms. The maximum absolute atomic E-state index is 11.1. The molecule has 1 N–H and O–H groups in total. The smallest absolute Gasteiger partial charge is 0.339 e. The lowest BCUT2D eigenvalue weighted by Gasteiger charge is -2.06. The third-order valence-electron chi connectivity index (χ3n) is 2.75. The molecule has 2 aromatic rings. The number of aromatic carboxylic acids is 1. The maximum Gasteiger partial charge on any atom is 0.339 e. The van der Waals surface area contributed by atoms with Crippen molar-refractivity contribution in [1.29, 1.82) is 0 Å². The fourth-order valence-corrected chi connectivity index (χ4v) is 2.58. The summed E-state index contributed by atoms with van der Waals surface area (Å²) in [5, 5.41) is 9.11. The van der Waals surface area contributed by atoms with E-state index in [0.29, 0.717) is 23.7 Å². The molecule has 20 heavy (non-hydrogen) atoms. The van der Waals surface area contributed by atoms with Gasteiger partial charge in [0.2, 0.25) is 0 Å². The van der Waals surface area contributed by atoms with Crippen LogP contribution in [0.2, 0.25) is 0 Å². The minimum absolute atomic E-state index is 0.209. The Morgan fingerprint density at radius 3 is 2.70 bits per heavy atom. The number of aryl methyl sites for hydroxylation is 1. The van der Waals surface area contributed by atoms with Gasteiger partial charge in [0, 0.05) is 11.1 Å². The van der Waals surface area contributed by atoms with Crippen molar-refractivity contribution in [3.05, 3.63) is 53.6 Å². The molecule has 5 heteroatoms. The van der Waals surface area contributed by atoms with Crippen LogP contribution >= 0.6 is 11.8 Å². The fourth-order valence-electron chi connectivity index (χ4n) is 1.80. The van der Waals surface area contributed by atoms with Crippen LogP contribution in [0.4, 0.5) is 0 Å². The maximum atomic E-state index is 11.1. The highest BCUT2D eigenvalue weighted by Gasteiger charge is 2.12. The molecule has 4 nitrogen and oxygen atoms in total. The van der Waals surface area contributed by atoms with Gasteiger partial charge in [-0.05, 0) is 18.6 Å². The lowest BCUT2D eigenvalue weighted by molar-refractivity contribution is 0.0694. The van der Waals surface area contributed by atoms with E-state index in [4.69, 9.17) is 5.11 Å². The summed E-state index contributed by atoms with van der Waals surface area (Å²) in [6, 6.07) is 10.0. The summed E-state index contributed by atoms with van der Waals surface area (Å²) in [4.78, 5) is 20.8. The summed E-state index contributed by atoms with van der Waals surface area (Å²) in [6.45, 7) is 2.01. The Kier molecular flexibility index (Phi) is 5.12. The second kappa shape index (κ2) is 7.05. The molecule has 0 aliphatic carbocycles. The number of hydrogen-bond donors (Lipinski definition) is 1. The molecule has 0 saturated heterocycles. The molecule has 0 saturated carbocycles. The van der Waals surface area contributed by atoms with E-state index in [2.05, 4.69) is 9.97 Å². The zero-order valence-electron chi connectivity index (χ0n) is 11.2. The summed E-state index contributed by atoms with van der Waals surface area (Å²) in [5.41, 5.74) is 0.832. The minimum Gasteiger partial charge on any atom is -0.478 e. The predicted octanol–water partition coefficient (Wildman–Crippen LogP) is 3.42. The summed E-state index contributed by atoms with van der Waals surface area (Å²) in [7, 11) is 0. The summed E-state index contributed by atoms with van der Waals surface area (Å²) in [6.07, 6.45) is 2.94. The van der Waals surface area contributed by atoms with Crippen molar-refractivity contribution in [2.45, 2.75) is 30.4 Å². The Morgan fingerprint density at radius 1 is 1.30 bits per heavy atom. The van der Waals surface area contributed by atoms with Gasteiger partial charge < -0.3 is 5.11 Å². The molecule has 0 aliphatic rings. The van der Waals surface area contributed by atoms with Crippen LogP contribution in [0.25, 0.3) is 0 Å². The summed E-state index contributed by atoms with van der Waals surface area (Å²) < 4.78 is 0. The van der Waals surface area contributed by atoms with Gasteiger partial charge in [0.15, 0.2) is 0 Å². The fraction of sp³-hybridized carbons (Fsp3) is 0.267. The van der Waals surface area contributed by atoms with Gasteiger partial charge in [-0.25, -0.2) is 14.8 Å². The minimum atomic E-state index is -0.962. The number of thioether (sulfide) groups is 1. The van der Waals surface area contributed by atoms with E-state index >= 15 is 0 Å². The Morgan fingerprint density at radius 2 is 2.05 bits per heavy atom. The predicted molar refractivity (Wildman–Crippen MR) is 79.0 cm³/mol. The van der Waals surface area contributed by atoms with Crippen LogP contribution in [-0.4, -0.2) is 21.0 Å². The van der Waals surface area contributed by atoms with Gasteiger partial charge in [0.1, 0.15) is 5.82 Å². The Bertz CT molecular complexity index is 588. The quantitative estimate of drug-likeness (QED) is 0.825. The first-order valence-electron chi connectivity index (χ1n) is 6.46. The Balaban J connectivity index is 2.12. The number of benzene rings is 1. The van der Waals surface area contributed by atoms with Crippen molar-refractivity contribution in [1.82, 2.24) is 9.97 Å². The molecule has 1 aromatic carbocycles. The van der Waals surface area contributed by atoms with E-state index in [0.717, 1.165) is 11.3 Å².